The number of amides is 2. The van der Waals surface area contributed by atoms with Crippen molar-refractivity contribution in [3.05, 3.63) is 0 Å². The Labute approximate surface area is 189 Å². The van der Waals surface area contributed by atoms with E-state index in [0.717, 1.165) is 0 Å². The zero-order valence-electron chi connectivity index (χ0n) is 19.4. The van der Waals surface area contributed by atoms with Gasteiger partial charge in [0.2, 0.25) is 11.8 Å². The van der Waals surface area contributed by atoms with E-state index >= 15 is 0 Å². The molecule has 32 heavy (non-hydrogen) atoms. The Morgan fingerprint density at radius 2 is 1.19 bits per heavy atom. The smallest absolute Gasteiger partial charge is 0.303 e. The topological polar surface area (TPSA) is 149 Å². The lowest BCUT2D eigenvalue weighted by Crippen LogP contribution is -2.31. The molecule has 0 aliphatic heterocycles. The number of carbonyl (C=O) groups excluding carboxylic acids is 3. The number of carbonyl (C=O) groups is 4. The van der Waals surface area contributed by atoms with E-state index in [-0.39, 0.29) is 56.9 Å². The number of Topliss-reactive ketones (excluding diaryl/α,β-unsaturated/α-hetero) is 1. The van der Waals surface area contributed by atoms with Crippen LogP contribution in [0, 0.1) is 5.41 Å². The van der Waals surface area contributed by atoms with Crippen molar-refractivity contribution in [2.75, 3.05) is 65.9 Å². The summed E-state index contributed by atoms with van der Waals surface area (Å²) in [7, 11) is 0. The number of ether oxygens (including phenoxy) is 4. The van der Waals surface area contributed by atoms with E-state index in [1.54, 1.807) is 0 Å². The van der Waals surface area contributed by atoms with Crippen LogP contribution in [0.3, 0.4) is 0 Å². The fraction of sp³-hybridized carbons (Fsp3) is 0.810. The van der Waals surface area contributed by atoms with Crippen LogP contribution in [0.1, 0.15) is 40.0 Å². The summed E-state index contributed by atoms with van der Waals surface area (Å²) in [6.07, 6.45) is 0.442. The average molecular weight is 463 g/mol. The van der Waals surface area contributed by atoms with Crippen molar-refractivity contribution in [1.82, 2.24) is 10.6 Å². The zero-order valence-corrected chi connectivity index (χ0v) is 19.4. The molecule has 0 aromatic carbocycles. The third kappa shape index (κ3) is 19.9. The van der Waals surface area contributed by atoms with Gasteiger partial charge < -0.3 is 34.7 Å². The van der Waals surface area contributed by atoms with Gasteiger partial charge in [0, 0.05) is 31.3 Å². The highest BCUT2D eigenvalue weighted by Crippen LogP contribution is 2.14. The number of aliphatic carboxylic acids is 1. The van der Waals surface area contributed by atoms with Gasteiger partial charge in [0.1, 0.15) is 13.2 Å². The molecule has 0 spiro atoms. The number of ketones is 1. The number of carboxylic acid groups (broad SMARTS) is 1. The molecule has 186 valence electrons. The van der Waals surface area contributed by atoms with Crippen LogP contribution < -0.4 is 10.6 Å². The fourth-order valence-corrected chi connectivity index (χ4v) is 2.05. The minimum Gasteiger partial charge on any atom is -0.481 e. The third-order valence-electron chi connectivity index (χ3n) is 3.98. The van der Waals surface area contributed by atoms with Crippen molar-refractivity contribution in [1.29, 1.82) is 0 Å². The fourth-order valence-electron chi connectivity index (χ4n) is 2.05. The summed E-state index contributed by atoms with van der Waals surface area (Å²) in [4.78, 5) is 45.0. The molecule has 0 rings (SSSR count). The van der Waals surface area contributed by atoms with Crippen molar-refractivity contribution >= 4 is 23.6 Å². The van der Waals surface area contributed by atoms with E-state index in [9.17, 15) is 19.2 Å². The Balaban J connectivity index is 3.38. The first kappa shape index (κ1) is 29.9. The molecule has 0 radical (unpaired) electrons. The van der Waals surface area contributed by atoms with Crippen LogP contribution >= 0.6 is 0 Å². The molecule has 3 N–H and O–H groups in total. The lowest BCUT2D eigenvalue weighted by atomic mass is 9.91. The van der Waals surface area contributed by atoms with E-state index in [4.69, 9.17) is 24.1 Å². The molecule has 11 heteroatoms. The van der Waals surface area contributed by atoms with Crippen molar-refractivity contribution in [3.63, 3.8) is 0 Å². The summed E-state index contributed by atoms with van der Waals surface area (Å²) in [6.45, 7) is 7.94. The van der Waals surface area contributed by atoms with Crippen molar-refractivity contribution < 1.29 is 43.2 Å². The molecule has 0 atom stereocenters. The van der Waals surface area contributed by atoms with E-state index in [1.807, 2.05) is 20.8 Å². The van der Waals surface area contributed by atoms with E-state index in [2.05, 4.69) is 10.6 Å². The SMILES string of the molecule is CC(C)(C)C(=O)COCCOCCNC(=O)COCCOCCNC(=O)CCCC(=O)O. The Kier molecular flexibility index (Phi) is 17.3. The molecule has 0 saturated heterocycles. The molecule has 0 bridgehead atoms. The highest BCUT2D eigenvalue weighted by Gasteiger charge is 2.20. The van der Waals surface area contributed by atoms with Gasteiger partial charge in [-0.1, -0.05) is 20.8 Å². The summed E-state index contributed by atoms with van der Waals surface area (Å²) in [5.74, 6) is -1.37. The van der Waals surface area contributed by atoms with Gasteiger partial charge in [-0.25, -0.2) is 0 Å². The molecular weight excluding hydrogens is 424 g/mol. The van der Waals surface area contributed by atoms with Crippen molar-refractivity contribution in [2.45, 2.75) is 40.0 Å². The standard InChI is InChI=1S/C21H38N2O9/c1-21(2,3)17(24)15-31-13-11-30-10-8-23-19(26)16-32-14-12-29-9-7-22-18(25)5-4-6-20(27)28/h4-16H2,1-3H3,(H,22,25)(H,23,26)(H,27,28). The highest BCUT2D eigenvalue weighted by atomic mass is 16.5. The van der Waals surface area contributed by atoms with Crippen LogP contribution in [0.4, 0.5) is 0 Å². The van der Waals surface area contributed by atoms with Gasteiger partial charge in [0.25, 0.3) is 0 Å². The lowest BCUT2D eigenvalue weighted by molar-refractivity contribution is -0.137. The number of rotatable bonds is 20. The van der Waals surface area contributed by atoms with Crippen LogP contribution in [-0.2, 0) is 38.1 Å². The van der Waals surface area contributed by atoms with Crippen molar-refractivity contribution in [2.24, 2.45) is 5.41 Å². The maximum Gasteiger partial charge on any atom is 0.303 e. The molecule has 0 unspecified atom stereocenters. The molecule has 0 heterocycles. The maximum atomic E-state index is 11.7. The van der Waals surface area contributed by atoms with Crippen LogP contribution in [0.25, 0.3) is 0 Å². The third-order valence-corrected chi connectivity index (χ3v) is 3.98. The Morgan fingerprint density at radius 3 is 1.72 bits per heavy atom. The average Bonchev–Trinajstić information content (AvgIpc) is 2.70. The van der Waals surface area contributed by atoms with Gasteiger partial charge in [-0.05, 0) is 6.42 Å². The molecule has 0 saturated carbocycles. The quantitative estimate of drug-likeness (QED) is 0.215. The summed E-state index contributed by atoms with van der Waals surface area (Å²) >= 11 is 0. The predicted molar refractivity (Wildman–Crippen MR) is 115 cm³/mol. The molecule has 0 aromatic rings. The van der Waals surface area contributed by atoms with Gasteiger partial charge in [0.05, 0.1) is 39.6 Å². The van der Waals surface area contributed by atoms with Gasteiger partial charge >= 0.3 is 5.97 Å². The first-order valence-corrected chi connectivity index (χ1v) is 10.7. The molecule has 11 nitrogen and oxygen atoms in total. The summed E-state index contributed by atoms with van der Waals surface area (Å²) < 4.78 is 21.0. The predicted octanol–water partition coefficient (Wildman–Crippen LogP) is 0.155. The Morgan fingerprint density at radius 1 is 0.688 bits per heavy atom. The first-order valence-electron chi connectivity index (χ1n) is 10.7. The van der Waals surface area contributed by atoms with E-state index in [0.29, 0.717) is 45.9 Å². The van der Waals surface area contributed by atoms with E-state index in [1.165, 1.54) is 0 Å². The summed E-state index contributed by atoms with van der Waals surface area (Å²) in [5, 5.41) is 13.8. The van der Waals surface area contributed by atoms with Crippen LogP contribution in [0.15, 0.2) is 0 Å². The second-order valence-electron chi connectivity index (χ2n) is 7.95. The maximum absolute atomic E-state index is 11.7. The second kappa shape index (κ2) is 18.5. The molecule has 0 aliphatic carbocycles. The van der Waals surface area contributed by atoms with Crippen LogP contribution in [-0.4, -0.2) is 94.6 Å². The minimum absolute atomic E-state index is 0.0299. The van der Waals surface area contributed by atoms with Gasteiger partial charge in [-0.15, -0.1) is 0 Å². The monoisotopic (exact) mass is 462 g/mol. The highest BCUT2D eigenvalue weighted by molar-refractivity contribution is 5.84. The molecule has 2 amide bonds. The number of hydrogen-bond acceptors (Lipinski definition) is 8. The first-order chi connectivity index (χ1) is 15.1. The molecule has 0 aromatic heterocycles. The minimum atomic E-state index is -0.921. The Hall–Kier alpha value is -2.08. The normalized spacial score (nSPS) is 11.2. The number of nitrogens with one attached hydrogen (secondary N) is 2. The van der Waals surface area contributed by atoms with Gasteiger partial charge in [-0.3, -0.25) is 19.2 Å². The van der Waals surface area contributed by atoms with Crippen molar-refractivity contribution in [3.8, 4) is 0 Å². The number of hydrogen-bond donors (Lipinski definition) is 3. The zero-order chi connectivity index (χ0) is 24.2. The Bertz CT molecular complexity index is 562. The summed E-state index contributed by atoms with van der Waals surface area (Å²) in [5.41, 5.74) is -0.414. The summed E-state index contributed by atoms with van der Waals surface area (Å²) in [6, 6.07) is 0. The second-order valence-corrected chi connectivity index (χ2v) is 7.95. The molecule has 0 fully saturated rings. The van der Waals surface area contributed by atoms with E-state index < -0.39 is 11.4 Å². The number of carboxylic acids is 1. The molecule has 0 aliphatic rings. The van der Waals surface area contributed by atoms with Gasteiger partial charge in [-0.2, -0.15) is 0 Å². The lowest BCUT2D eigenvalue weighted by Gasteiger charge is -2.16. The van der Waals surface area contributed by atoms with Gasteiger partial charge in [0.15, 0.2) is 5.78 Å². The largest absolute Gasteiger partial charge is 0.481 e. The molecular formula is C21H38N2O9. The van der Waals surface area contributed by atoms with Crippen LogP contribution in [0.2, 0.25) is 0 Å². The van der Waals surface area contributed by atoms with Crippen LogP contribution in [0.5, 0.6) is 0 Å².